The van der Waals surface area contributed by atoms with Gasteiger partial charge in [-0.15, -0.1) is 0 Å². The van der Waals surface area contributed by atoms with Gasteiger partial charge in [0.25, 0.3) is 11.4 Å². The van der Waals surface area contributed by atoms with Gasteiger partial charge in [0, 0.05) is 42.5 Å². The van der Waals surface area contributed by atoms with Gasteiger partial charge in [0.05, 0.1) is 43.6 Å². The van der Waals surface area contributed by atoms with Crippen molar-refractivity contribution in [3.8, 4) is 0 Å². The second kappa shape index (κ2) is 15.2. The lowest BCUT2D eigenvalue weighted by Crippen LogP contribution is -2.65. The lowest BCUT2D eigenvalue weighted by Gasteiger charge is -2.50. The Bertz CT molecular complexity index is 1710. The Labute approximate surface area is 293 Å². The molecule has 2 amide bonds. The molecule has 17 heteroatoms. The summed E-state index contributed by atoms with van der Waals surface area (Å²) in [6, 6.07) is 10.5. The van der Waals surface area contributed by atoms with Crippen molar-refractivity contribution in [1.29, 1.82) is 0 Å². The van der Waals surface area contributed by atoms with Gasteiger partial charge in [0.1, 0.15) is 18.9 Å². The number of ether oxygens (including phenoxy) is 2. The molecule has 15 nitrogen and oxygen atoms in total. The number of rotatable bonds is 14. The highest BCUT2D eigenvalue weighted by Crippen LogP contribution is 2.50. The molecule has 2 aliphatic rings. The van der Waals surface area contributed by atoms with Crippen LogP contribution in [-0.4, -0.2) is 69.7 Å². The van der Waals surface area contributed by atoms with E-state index in [2.05, 4.69) is 39.2 Å². The third kappa shape index (κ3) is 8.27. The van der Waals surface area contributed by atoms with Crippen LogP contribution in [0.1, 0.15) is 45.7 Å². The average Bonchev–Trinajstić information content (AvgIpc) is 3.30. The second-order valence-electron chi connectivity index (χ2n) is 13.8. The quantitative estimate of drug-likeness (QED) is 0.0868. The lowest BCUT2D eigenvalue weighted by atomic mass is 9.79. The molecule has 1 unspecified atom stereocenters. The van der Waals surface area contributed by atoms with Crippen molar-refractivity contribution in [3.05, 3.63) is 90.5 Å². The van der Waals surface area contributed by atoms with Gasteiger partial charge < -0.3 is 24.1 Å². The fourth-order valence-corrected chi connectivity index (χ4v) is 8.61. The number of nitro groups is 2. The first-order valence-electron chi connectivity index (χ1n) is 16.0. The number of fused-ring (bicyclic) bond motifs is 1. The molecule has 2 aromatic rings. The molecule has 4 rings (SSSR count). The Balaban J connectivity index is 1.47. The highest BCUT2D eigenvalue weighted by molar-refractivity contribution is 7.89. The van der Waals surface area contributed by atoms with Crippen molar-refractivity contribution in [2.24, 2.45) is 11.8 Å². The van der Waals surface area contributed by atoms with E-state index >= 15 is 0 Å². The third-order valence-electron chi connectivity index (χ3n) is 9.41. The van der Waals surface area contributed by atoms with Crippen LogP contribution < -0.4 is 5.32 Å². The van der Waals surface area contributed by atoms with Crippen molar-refractivity contribution in [3.63, 3.8) is 0 Å². The standard InChI is InChI=1S/C33H42N4O11SSi/c1-20-27-26(21(2)48-50(6,7)33(3,4)5)30(38)35(27)28(31(39)46-18-22-8-12-24(13-9-22)36(41)42)29(20)49(45)17-16-34-32(40)47-19-23-10-14-25(15-11-23)37(43)44/h8-15,20-21,26-27H,16-19H2,1-7H3,(H,34,40)/t20-,21-,26-,27-,49?/m1/s1. The highest BCUT2D eigenvalue weighted by Gasteiger charge is 2.62. The molecule has 2 aliphatic heterocycles. The summed E-state index contributed by atoms with van der Waals surface area (Å²) >= 11 is 0. The summed E-state index contributed by atoms with van der Waals surface area (Å²) in [7, 11) is -4.10. The largest absolute Gasteiger partial charge is 0.456 e. The van der Waals surface area contributed by atoms with Gasteiger partial charge in [-0.1, -0.05) is 27.7 Å². The zero-order valence-corrected chi connectivity index (χ0v) is 30.8. The monoisotopic (exact) mass is 730 g/mol. The van der Waals surface area contributed by atoms with Crippen LogP contribution in [0.15, 0.2) is 59.1 Å². The van der Waals surface area contributed by atoms with Crippen LogP contribution in [0.5, 0.6) is 0 Å². The SMILES string of the molecule is C[C@@H](O[Si](C)(C)C(C)(C)C)[C@H]1C(=O)N2C(C(=O)OCc3ccc([N+](=O)[O-])cc3)=C(S(=O)CCNC(=O)OCc3ccc([N+](=O)[O-])cc3)[C@H](C)[C@H]12. The number of nitrogens with zero attached hydrogens (tertiary/aromatic N) is 3. The number of alkyl carbamates (subject to hydrolysis) is 1. The zero-order chi connectivity index (χ0) is 37.1. The summed E-state index contributed by atoms with van der Waals surface area (Å²) in [5.41, 5.74) is 0.690. The van der Waals surface area contributed by atoms with Gasteiger partial charge in [0.15, 0.2) is 8.32 Å². The van der Waals surface area contributed by atoms with Crippen molar-refractivity contribution >= 4 is 48.5 Å². The maximum Gasteiger partial charge on any atom is 0.407 e. The van der Waals surface area contributed by atoms with Crippen LogP contribution >= 0.6 is 0 Å². The molecule has 50 heavy (non-hydrogen) atoms. The maximum atomic E-state index is 13.8. The number of nitrogens with one attached hydrogen (secondary N) is 1. The van der Waals surface area contributed by atoms with Crippen molar-refractivity contribution in [1.82, 2.24) is 10.2 Å². The Morgan fingerprint density at radius 1 is 0.960 bits per heavy atom. The first kappa shape index (κ1) is 38.3. The van der Waals surface area contributed by atoms with Crippen LogP contribution in [0.25, 0.3) is 0 Å². The normalized spacial score (nSPS) is 20.0. The molecule has 1 saturated heterocycles. The van der Waals surface area contributed by atoms with E-state index < -0.39 is 65.0 Å². The molecule has 5 atom stereocenters. The van der Waals surface area contributed by atoms with Gasteiger partial charge >= 0.3 is 12.1 Å². The number of hydrogen-bond acceptors (Lipinski definition) is 11. The molecule has 1 N–H and O–H groups in total. The molecule has 0 radical (unpaired) electrons. The molecular weight excluding hydrogens is 689 g/mol. The van der Waals surface area contributed by atoms with Gasteiger partial charge in [-0.3, -0.25) is 29.2 Å². The molecular formula is C33H42N4O11SSi. The summed E-state index contributed by atoms with van der Waals surface area (Å²) in [5, 5.41) is 24.3. The van der Waals surface area contributed by atoms with E-state index in [1.807, 2.05) is 6.92 Å². The number of carbonyl (C=O) groups is 3. The summed E-state index contributed by atoms with van der Waals surface area (Å²) < 4.78 is 31.1. The van der Waals surface area contributed by atoms with Gasteiger partial charge in [0.2, 0.25) is 5.91 Å². The zero-order valence-electron chi connectivity index (χ0n) is 29.0. The smallest absolute Gasteiger partial charge is 0.407 e. The minimum absolute atomic E-state index is 0.0834. The van der Waals surface area contributed by atoms with Crippen LogP contribution in [0, 0.1) is 32.1 Å². The topological polar surface area (TPSA) is 198 Å². The molecule has 1 fully saturated rings. The van der Waals surface area contributed by atoms with Crippen LogP contribution in [0.4, 0.5) is 16.2 Å². The molecule has 270 valence electrons. The van der Waals surface area contributed by atoms with Crippen LogP contribution in [0.2, 0.25) is 18.1 Å². The minimum atomic E-state index is -2.27. The summed E-state index contributed by atoms with van der Waals surface area (Å²) in [5.74, 6) is -2.38. The molecule has 2 heterocycles. The number of hydrogen-bond donors (Lipinski definition) is 1. The van der Waals surface area contributed by atoms with E-state index in [0.717, 1.165) is 0 Å². The Morgan fingerprint density at radius 3 is 1.94 bits per heavy atom. The highest BCUT2D eigenvalue weighted by atomic mass is 32.2. The van der Waals surface area contributed by atoms with Crippen molar-refractivity contribution < 1.29 is 42.3 Å². The number of nitro benzene ring substituents is 2. The average molecular weight is 731 g/mol. The van der Waals surface area contributed by atoms with E-state index in [-0.39, 0.29) is 58.4 Å². The number of benzene rings is 2. The fraction of sp³-hybridized carbons (Fsp3) is 0.485. The van der Waals surface area contributed by atoms with E-state index in [1.165, 1.54) is 53.4 Å². The third-order valence-corrected chi connectivity index (χ3v) is 15.6. The number of amides is 2. The molecule has 0 spiro atoms. The Kier molecular flexibility index (Phi) is 11.6. The molecule has 0 saturated carbocycles. The first-order valence-corrected chi connectivity index (χ1v) is 20.2. The molecule has 2 aromatic carbocycles. The minimum Gasteiger partial charge on any atom is -0.456 e. The first-order chi connectivity index (χ1) is 23.3. The maximum absolute atomic E-state index is 13.8. The van der Waals surface area contributed by atoms with Crippen molar-refractivity contribution in [2.75, 3.05) is 12.3 Å². The summed E-state index contributed by atoms with van der Waals surface area (Å²) in [6.45, 7) is 13.7. The van der Waals surface area contributed by atoms with E-state index in [4.69, 9.17) is 13.9 Å². The van der Waals surface area contributed by atoms with Gasteiger partial charge in [-0.2, -0.15) is 0 Å². The van der Waals surface area contributed by atoms with Crippen LogP contribution in [0.3, 0.4) is 0 Å². The van der Waals surface area contributed by atoms with E-state index in [0.29, 0.717) is 11.1 Å². The Hall–Kier alpha value is -4.48. The predicted molar refractivity (Wildman–Crippen MR) is 185 cm³/mol. The fourth-order valence-electron chi connectivity index (χ4n) is 5.72. The van der Waals surface area contributed by atoms with Crippen molar-refractivity contribution in [2.45, 2.75) is 78.1 Å². The predicted octanol–water partition coefficient (Wildman–Crippen LogP) is 5.32. The summed E-state index contributed by atoms with van der Waals surface area (Å²) in [6.07, 6.45) is -1.27. The molecule has 0 aliphatic carbocycles. The Morgan fingerprint density at radius 2 is 1.46 bits per heavy atom. The van der Waals surface area contributed by atoms with Crippen LogP contribution in [-0.2, 0) is 47.5 Å². The molecule has 0 bridgehead atoms. The van der Waals surface area contributed by atoms with E-state index in [1.54, 1.807) is 6.92 Å². The number of carbonyl (C=O) groups excluding carboxylic acids is 3. The summed E-state index contributed by atoms with van der Waals surface area (Å²) in [4.78, 5) is 62.0. The number of β-lactam (4-membered cyclic amide) rings is 1. The molecule has 0 aromatic heterocycles. The number of esters is 1. The van der Waals surface area contributed by atoms with Gasteiger partial charge in [-0.25, -0.2) is 9.59 Å². The van der Waals surface area contributed by atoms with Gasteiger partial charge in [-0.05, 0) is 60.4 Å². The second-order valence-corrected chi connectivity index (χ2v) is 20.1. The lowest BCUT2D eigenvalue weighted by molar-refractivity contribution is -0.385. The van der Waals surface area contributed by atoms with E-state index in [9.17, 15) is 38.8 Å². The number of non-ortho nitro benzene ring substituents is 2.